The molecule has 1 amide bonds. The van der Waals surface area contributed by atoms with E-state index < -0.39 is 22.0 Å². The Bertz CT molecular complexity index is 1940. The molecular formula is C29H33ClN8O4S. The highest BCUT2D eigenvalue weighted by Crippen LogP contribution is 2.48. The predicted molar refractivity (Wildman–Crippen MR) is 165 cm³/mol. The summed E-state index contributed by atoms with van der Waals surface area (Å²) in [5.74, 6) is 0.545. The van der Waals surface area contributed by atoms with Crippen LogP contribution in [0.25, 0.3) is 10.9 Å². The highest BCUT2D eigenvalue weighted by atomic mass is 35.5. The third-order valence-corrected chi connectivity index (χ3v) is 9.20. The second-order valence-corrected chi connectivity index (χ2v) is 13.8. The van der Waals surface area contributed by atoms with Gasteiger partial charge in [-0.3, -0.25) is 18.8 Å². The molecule has 0 unspecified atom stereocenters. The number of halogens is 1. The Labute approximate surface area is 254 Å². The van der Waals surface area contributed by atoms with E-state index in [1.54, 1.807) is 17.7 Å². The van der Waals surface area contributed by atoms with Crippen molar-refractivity contribution in [1.29, 1.82) is 0 Å². The van der Waals surface area contributed by atoms with E-state index in [2.05, 4.69) is 26.4 Å². The quantitative estimate of drug-likeness (QED) is 0.296. The largest absolute Gasteiger partial charge is 0.377 e. The number of hydrogen-bond donors (Lipinski definition) is 2. The first-order valence-corrected chi connectivity index (χ1v) is 16.3. The summed E-state index contributed by atoms with van der Waals surface area (Å²) in [6, 6.07) is 8.79. The number of benzene rings is 1. The number of aryl methyl sites for hydroxylation is 2. The van der Waals surface area contributed by atoms with Gasteiger partial charge in [0.25, 0.3) is 11.5 Å². The number of rotatable bonds is 7. The minimum Gasteiger partial charge on any atom is -0.377 e. The van der Waals surface area contributed by atoms with E-state index in [4.69, 9.17) is 16.6 Å². The predicted octanol–water partition coefficient (Wildman–Crippen LogP) is 3.27. The van der Waals surface area contributed by atoms with E-state index in [0.29, 0.717) is 28.7 Å². The van der Waals surface area contributed by atoms with Crippen LogP contribution in [0.3, 0.4) is 0 Å². The highest BCUT2D eigenvalue weighted by Gasteiger charge is 2.47. The molecule has 6 rings (SSSR count). The molecule has 1 aliphatic heterocycles. The number of piperidine rings is 1. The van der Waals surface area contributed by atoms with Gasteiger partial charge in [0.2, 0.25) is 16.0 Å². The van der Waals surface area contributed by atoms with Gasteiger partial charge in [-0.2, -0.15) is 5.10 Å². The first kappa shape index (κ1) is 29.1. The minimum absolute atomic E-state index is 0.0397. The van der Waals surface area contributed by atoms with Gasteiger partial charge in [0.15, 0.2) is 5.69 Å². The summed E-state index contributed by atoms with van der Waals surface area (Å²) < 4.78 is 28.9. The van der Waals surface area contributed by atoms with Crippen molar-refractivity contribution >= 4 is 50.1 Å². The van der Waals surface area contributed by atoms with Crippen LogP contribution in [0.2, 0.25) is 5.15 Å². The molecule has 2 N–H and O–H groups in total. The molecule has 14 heteroatoms. The number of carbonyl (C=O) groups is 1. The first-order valence-electron chi connectivity index (χ1n) is 14.0. The molecule has 4 atom stereocenters. The SMILES string of the molecule is Cc1cc([C@@H](C)Nc2ccc(Cl)nc2C(=O)NS(C)(=O)=O)c2nc(N3C[C@H]4C[C@@H]3C[C@H]4c3ccn(C)n3)n(C)c(=O)c2c1. The number of nitrogens with one attached hydrogen (secondary N) is 2. The second-order valence-electron chi connectivity index (χ2n) is 11.7. The maximum absolute atomic E-state index is 13.7. The van der Waals surface area contributed by atoms with Gasteiger partial charge in [0, 0.05) is 44.4 Å². The Morgan fingerprint density at radius 2 is 1.91 bits per heavy atom. The molecular weight excluding hydrogens is 592 g/mol. The normalized spacial score (nSPS) is 20.5. The fourth-order valence-corrected chi connectivity index (χ4v) is 7.15. The molecule has 2 aliphatic rings. The summed E-state index contributed by atoms with van der Waals surface area (Å²) in [4.78, 5) is 37.9. The Kier molecular flexibility index (Phi) is 7.20. The Hall–Kier alpha value is -3.97. The zero-order valence-corrected chi connectivity index (χ0v) is 26.1. The monoisotopic (exact) mass is 624 g/mol. The molecule has 0 spiro atoms. The summed E-state index contributed by atoms with van der Waals surface area (Å²) in [5.41, 5.74) is 3.31. The summed E-state index contributed by atoms with van der Waals surface area (Å²) in [6.45, 7) is 4.59. The van der Waals surface area contributed by atoms with Crippen molar-refractivity contribution in [3.05, 3.63) is 74.6 Å². The fourth-order valence-electron chi connectivity index (χ4n) is 6.57. The molecule has 1 aliphatic carbocycles. The van der Waals surface area contributed by atoms with Gasteiger partial charge in [0.1, 0.15) is 5.15 Å². The maximum atomic E-state index is 13.7. The molecule has 43 heavy (non-hydrogen) atoms. The van der Waals surface area contributed by atoms with Crippen LogP contribution in [0, 0.1) is 12.8 Å². The average molecular weight is 625 g/mol. The summed E-state index contributed by atoms with van der Waals surface area (Å²) >= 11 is 6.04. The van der Waals surface area contributed by atoms with Gasteiger partial charge >= 0.3 is 0 Å². The molecule has 2 fully saturated rings. The number of carbonyl (C=O) groups excluding carboxylic acids is 1. The van der Waals surface area contributed by atoms with Crippen molar-refractivity contribution in [2.75, 3.05) is 23.0 Å². The van der Waals surface area contributed by atoms with Crippen LogP contribution < -0.4 is 20.5 Å². The first-order chi connectivity index (χ1) is 20.3. The lowest BCUT2D eigenvalue weighted by molar-refractivity contribution is 0.0977. The van der Waals surface area contributed by atoms with Crippen LogP contribution in [0.4, 0.5) is 11.6 Å². The molecule has 0 radical (unpaired) electrons. The minimum atomic E-state index is -3.83. The zero-order chi connectivity index (χ0) is 30.8. The van der Waals surface area contributed by atoms with Crippen LogP contribution in [0.5, 0.6) is 0 Å². The molecule has 226 valence electrons. The van der Waals surface area contributed by atoms with Gasteiger partial charge in [0.05, 0.1) is 34.6 Å². The Balaban J connectivity index is 1.35. The van der Waals surface area contributed by atoms with Crippen molar-refractivity contribution in [2.24, 2.45) is 20.0 Å². The maximum Gasteiger partial charge on any atom is 0.285 e. The van der Waals surface area contributed by atoms with Crippen molar-refractivity contribution in [1.82, 2.24) is 29.0 Å². The Morgan fingerprint density at radius 3 is 2.56 bits per heavy atom. The molecule has 4 heterocycles. The molecule has 2 bridgehead atoms. The van der Waals surface area contributed by atoms with E-state index in [1.165, 1.54) is 6.07 Å². The van der Waals surface area contributed by atoms with E-state index in [9.17, 15) is 18.0 Å². The number of amides is 1. The smallest absolute Gasteiger partial charge is 0.285 e. The number of sulfonamides is 1. The molecule has 3 aromatic heterocycles. The Morgan fingerprint density at radius 1 is 1.14 bits per heavy atom. The summed E-state index contributed by atoms with van der Waals surface area (Å²) in [6.07, 6.45) is 4.85. The second kappa shape index (κ2) is 10.6. The van der Waals surface area contributed by atoms with Crippen molar-refractivity contribution in [3.8, 4) is 0 Å². The third kappa shape index (κ3) is 5.47. The van der Waals surface area contributed by atoms with E-state index in [0.717, 1.165) is 42.5 Å². The lowest BCUT2D eigenvalue weighted by atomic mass is 9.91. The van der Waals surface area contributed by atoms with Gasteiger partial charge in [-0.25, -0.2) is 23.1 Å². The van der Waals surface area contributed by atoms with E-state index >= 15 is 0 Å². The highest BCUT2D eigenvalue weighted by molar-refractivity contribution is 7.89. The number of nitrogens with zero attached hydrogens (tertiary/aromatic N) is 6. The van der Waals surface area contributed by atoms with E-state index in [1.807, 2.05) is 48.6 Å². The molecule has 12 nitrogen and oxygen atoms in total. The average Bonchev–Trinajstić information content (AvgIpc) is 3.66. The van der Waals surface area contributed by atoms with E-state index in [-0.39, 0.29) is 28.1 Å². The van der Waals surface area contributed by atoms with Crippen LogP contribution in [-0.4, -0.2) is 57.5 Å². The number of aromatic nitrogens is 5. The number of hydrogen-bond acceptors (Lipinski definition) is 9. The van der Waals surface area contributed by atoms with Crippen molar-refractivity contribution in [2.45, 2.75) is 44.7 Å². The lowest BCUT2D eigenvalue weighted by Crippen LogP contribution is -2.39. The summed E-state index contributed by atoms with van der Waals surface area (Å²) in [5, 5.41) is 8.45. The standard InChI is InChI=1S/C29H33ClN8O4S/c1-15-10-19(16(2)31-23-6-7-24(30)32-26(23)27(39)35-43(5,41)42)25-21(11-15)28(40)37(4)29(33-25)38-14-17-12-18(38)13-20(17)22-8-9-36(3)34-22/h6-11,16-18,20,31H,12-14H2,1-5H3,(H,35,39)/t16-,17-,18-,20-/m1/s1. The van der Waals surface area contributed by atoms with Crippen LogP contribution in [0.1, 0.15) is 59.0 Å². The van der Waals surface area contributed by atoms with Crippen LogP contribution in [-0.2, 0) is 24.1 Å². The molecule has 1 aromatic carbocycles. The van der Waals surface area contributed by atoms with Crippen LogP contribution >= 0.6 is 11.6 Å². The zero-order valence-electron chi connectivity index (χ0n) is 24.5. The van der Waals surface area contributed by atoms with Gasteiger partial charge < -0.3 is 10.2 Å². The molecule has 1 saturated heterocycles. The summed E-state index contributed by atoms with van der Waals surface area (Å²) in [7, 11) is -0.129. The lowest BCUT2D eigenvalue weighted by Gasteiger charge is -2.33. The van der Waals surface area contributed by atoms with Gasteiger partial charge in [-0.1, -0.05) is 17.7 Å². The van der Waals surface area contributed by atoms with Crippen molar-refractivity contribution in [3.63, 3.8) is 0 Å². The van der Waals surface area contributed by atoms with Crippen LogP contribution in [0.15, 0.2) is 41.3 Å². The van der Waals surface area contributed by atoms with Gasteiger partial charge in [-0.15, -0.1) is 0 Å². The molecule has 4 aromatic rings. The fraction of sp³-hybridized carbons (Fsp3) is 0.414. The number of pyridine rings is 1. The third-order valence-electron chi connectivity index (χ3n) is 8.44. The topological polar surface area (TPSA) is 144 Å². The number of fused-ring (bicyclic) bond motifs is 3. The number of anilines is 2. The van der Waals surface area contributed by atoms with Gasteiger partial charge in [-0.05, 0) is 62.4 Å². The molecule has 1 saturated carbocycles. The van der Waals surface area contributed by atoms with Crippen molar-refractivity contribution < 1.29 is 13.2 Å².